The van der Waals surface area contributed by atoms with Crippen LogP contribution in [0.3, 0.4) is 0 Å². The summed E-state index contributed by atoms with van der Waals surface area (Å²) in [5, 5.41) is 14.0. The number of hydrogen-bond acceptors (Lipinski definition) is 6. The maximum Gasteiger partial charge on any atom is 0.313 e. The van der Waals surface area contributed by atoms with Crippen LogP contribution in [-0.4, -0.2) is 48.2 Å². The van der Waals surface area contributed by atoms with Crippen LogP contribution in [-0.2, 0) is 9.59 Å². The van der Waals surface area contributed by atoms with Gasteiger partial charge in [-0.3, -0.25) is 14.7 Å². The van der Waals surface area contributed by atoms with E-state index in [-0.39, 0.29) is 6.04 Å². The molecule has 4 N–H and O–H groups in total. The Bertz CT molecular complexity index is 1030. The van der Waals surface area contributed by atoms with Crippen LogP contribution in [0.1, 0.15) is 36.6 Å². The first-order valence-electron chi connectivity index (χ1n) is 9.43. The smallest absolute Gasteiger partial charge is 0.313 e. The standard InChI is InChI=1S/C19H22N8O2/c1-12-10-13(11-21-17(12)20)23-18(28)19(29)26-8-3-2-4-15(26)14-6-9-27(25-14)16-5-7-22-24-16/h5-7,9-11,15H,2-4,8H2,1H3,(H2,20,21)(H,22,24)(H,23,28)/t15-/m0/s1. The predicted octanol–water partition coefficient (Wildman–Crippen LogP) is 1.57. The van der Waals surface area contributed by atoms with Crippen LogP contribution in [0.15, 0.2) is 36.8 Å². The lowest BCUT2D eigenvalue weighted by molar-refractivity contribution is -0.146. The third kappa shape index (κ3) is 3.82. The van der Waals surface area contributed by atoms with Gasteiger partial charge in [-0.2, -0.15) is 10.2 Å². The lowest BCUT2D eigenvalue weighted by Crippen LogP contribution is -2.44. The number of carbonyl (C=O) groups is 2. The van der Waals surface area contributed by atoms with Crippen molar-refractivity contribution >= 4 is 23.3 Å². The van der Waals surface area contributed by atoms with Crippen molar-refractivity contribution in [1.82, 2.24) is 29.9 Å². The number of carbonyl (C=O) groups excluding carboxylic acids is 2. The van der Waals surface area contributed by atoms with Crippen LogP contribution in [0.2, 0.25) is 0 Å². The van der Waals surface area contributed by atoms with E-state index in [9.17, 15) is 9.59 Å². The second-order valence-corrected chi connectivity index (χ2v) is 7.01. The fourth-order valence-corrected chi connectivity index (χ4v) is 3.47. The summed E-state index contributed by atoms with van der Waals surface area (Å²) in [6.45, 7) is 2.29. The number of nitrogens with zero attached hydrogens (tertiary/aromatic N) is 5. The molecule has 2 amide bonds. The third-order valence-corrected chi connectivity index (χ3v) is 5.01. The van der Waals surface area contributed by atoms with Gasteiger partial charge in [0.15, 0.2) is 5.82 Å². The van der Waals surface area contributed by atoms with Gasteiger partial charge >= 0.3 is 11.8 Å². The van der Waals surface area contributed by atoms with Crippen LogP contribution in [0.5, 0.6) is 0 Å². The van der Waals surface area contributed by atoms with Gasteiger partial charge in [0.25, 0.3) is 0 Å². The average Bonchev–Trinajstić information content (AvgIpc) is 3.42. The quantitative estimate of drug-likeness (QED) is 0.577. The Morgan fingerprint density at radius 2 is 2.17 bits per heavy atom. The molecule has 1 saturated heterocycles. The van der Waals surface area contributed by atoms with Gasteiger partial charge in [0, 0.05) is 25.0 Å². The Morgan fingerprint density at radius 3 is 2.93 bits per heavy atom. The van der Waals surface area contributed by atoms with Gasteiger partial charge in [0.1, 0.15) is 5.82 Å². The van der Waals surface area contributed by atoms with Gasteiger partial charge < -0.3 is 16.0 Å². The van der Waals surface area contributed by atoms with Crippen LogP contribution in [0.25, 0.3) is 5.82 Å². The van der Waals surface area contributed by atoms with E-state index in [0.717, 1.165) is 30.5 Å². The van der Waals surface area contributed by atoms with Gasteiger partial charge in [-0.15, -0.1) is 0 Å². The van der Waals surface area contributed by atoms with Crippen LogP contribution in [0, 0.1) is 6.92 Å². The first-order chi connectivity index (χ1) is 14.0. The normalized spacial score (nSPS) is 16.6. The molecule has 150 valence electrons. The minimum atomic E-state index is -0.699. The summed E-state index contributed by atoms with van der Waals surface area (Å²) >= 11 is 0. The number of nitrogen functional groups attached to an aromatic ring is 1. The number of aromatic amines is 1. The minimum Gasteiger partial charge on any atom is -0.383 e. The third-order valence-electron chi connectivity index (χ3n) is 5.01. The summed E-state index contributed by atoms with van der Waals surface area (Å²) in [6, 6.07) is 5.09. The Balaban J connectivity index is 1.51. The second kappa shape index (κ2) is 7.74. The van der Waals surface area contributed by atoms with E-state index in [4.69, 9.17) is 5.73 Å². The van der Waals surface area contributed by atoms with Gasteiger partial charge in [0.05, 0.1) is 23.6 Å². The zero-order valence-corrected chi connectivity index (χ0v) is 16.0. The van der Waals surface area contributed by atoms with Gasteiger partial charge in [-0.05, 0) is 43.9 Å². The maximum atomic E-state index is 12.9. The van der Waals surface area contributed by atoms with Crippen molar-refractivity contribution in [3.8, 4) is 5.82 Å². The van der Waals surface area contributed by atoms with Crippen molar-refractivity contribution in [1.29, 1.82) is 0 Å². The number of amides is 2. The largest absolute Gasteiger partial charge is 0.383 e. The molecular weight excluding hydrogens is 372 g/mol. The Labute approximate surface area is 167 Å². The van der Waals surface area contributed by atoms with E-state index in [1.807, 2.05) is 6.07 Å². The van der Waals surface area contributed by atoms with E-state index >= 15 is 0 Å². The predicted molar refractivity (Wildman–Crippen MR) is 106 cm³/mol. The van der Waals surface area contributed by atoms with Crippen LogP contribution in [0.4, 0.5) is 11.5 Å². The van der Waals surface area contributed by atoms with Gasteiger partial charge in [-0.1, -0.05) is 0 Å². The summed E-state index contributed by atoms with van der Waals surface area (Å²) in [6.07, 6.45) is 7.51. The number of pyridine rings is 1. The van der Waals surface area contributed by atoms with Crippen LogP contribution >= 0.6 is 0 Å². The first kappa shape index (κ1) is 18.7. The number of rotatable bonds is 3. The van der Waals surface area contributed by atoms with E-state index in [2.05, 4.69) is 25.6 Å². The van der Waals surface area contributed by atoms with E-state index in [1.165, 1.54) is 6.20 Å². The number of piperidine rings is 1. The van der Waals surface area contributed by atoms with E-state index in [0.29, 0.717) is 23.9 Å². The average molecular weight is 394 g/mol. The summed E-state index contributed by atoms with van der Waals surface area (Å²) in [4.78, 5) is 31.1. The molecule has 3 aromatic rings. The molecule has 1 aliphatic heterocycles. The van der Waals surface area contributed by atoms with Crippen molar-refractivity contribution in [2.75, 3.05) is 17.6 Å². The summed E-state index contributed by atoms with van der Waals surface area (Å²) in [7, 11) is 0. The zero-order valence-electron chi connectivity index (χ0n) is 16.0. The lowest BCUT2D eigenvalue weighted by Gasteiger charge is -2.34. The number of H-pyrrole nitrogens is 1. The topological polar surface area (TPSA) is 135 Å². The second-order valence-electron chi connectivity index (χ2n) is 7.01. The maximum absolute atomic E-state index is 12.9. The van der Waals surface area contributed by atoms with Crippen molar-refractivity contribution < 1.29 is 9.59 Å². The van der Waals surface area contributed by atoms with Crippen LogP contribution < -0.4 is 11.1 Å². The molecule has 4 rings (SSSR count). The van der Waals surface area contributed by atoms with Crippen molar-refractivity contribution in [2.45, 2.75) is 32.2 Å². The number of nitrogens with one attached hydrogen (secondary N) is 2. The molecule has 1 aliphatic rings. The molecule has 10 nitrogen and oxygen atoms in total. The molecule has 4 heterocycles. The minimum absolute atomic E-state index is 0.256. The fraction of sp³-hybridized carbons (Fsp3) is 0.316. The highest BCUT2D eigenvalue weighted by molar-refractivity contribution is 6.39. The summed E-state index contributed by atoms with van der Waals surface area (Å²) in [5.74, 6) is -0.236. The van der Waals surface area contributed by atoms with E-state index in [1.54, 1.807) is 41.0 Å². The number of aryl methyl sites for hydroxylation is 1. The number of aromatic nitrogens is 5. The molecule has 0 saturated carbocycles. The number of hydrogen-bond donors (Lipinski definition) is 3. The fourth-order valence-electron chi connectivity index (χ4n) is 3.47. The van der Waals surface area contributed by atoms with Gasteiger partial charge in [0.2, 0.25) is 0 Å². The molecular formula is C19H22N8O2. The molecule has 10 heteroatoms. The Kier molecular flexibility index (Phi) is 4.98. The summed E-state index contributed by atoms with van der Waals surface area (Å²) in [5.41, 5.74) is 7.60. The zero-order chi connectivity index (χ0) is 20.4. The van der Waals surface area contributed by atoms with E-state index < -0.39 is 11.8 Å². The molecule has 3 aromatic heterocycles. The molecule has 0 spiro atoms. The molecule has 1 fully saturated rings. The highest BCUT2D eigenvalue weighted by Crippen LogP contribution is 2.30. The SMILES string of the molecule is Cc1cc(NC(=O)C(=O)N2CCCC[C@H]2c2ccn(-c3cc[nH]n3)n2)cnc1N. The highest BCUT2D eigenvalue weighted by Gasteiger charge is 2.33. The molecule has 0 aliphatic carbocycles. The molecule has 0 aromatic carbocycles. The molecule has 1 atom stereocenters. The molecule has 29 heavy (non-hydrogen) atoms. The van der Waals surface area contributed by atoms with Crippen molar-refractivity contribution in [2.24, 2.45) is 0 Å². The summed E-state index contributed by atoms with van der Waals surface area (Å²) < 4.78 is 1.64. The number of likely N-dealkylation sites (tertiary alicyclic amines) is 1. The first-order valence-corrected chi connectivity index (χ1v) is 9.43. The Morgan fingerprint density at radius 1 is 1.31 bits per heavy atom. The van der Waals surface area contributed by atoms with Crippen molar-refractivity contribution in [3.05, 3.63) is 48.0 Å². The monoisotopic (exact) mass is 394 g/mol. The number of nitrogens with two attached hydrogens (primary N) is 1. The van der Waals surface area contributed by atoms with Crippen molar-refractivity contribution in [3.63, 3.8) is 0 Å². The highest BCUT2D eigenvalue weighted by atomic mass is 16.2. The number of anilines is 2. The molecule has 0 bridgehead atoms. The van der Waals surface area contributed by atoms with Gasteiger partial charge in [-0.25, -0.2) is 9.67 Å². The Hall–Kier alpha value is -3.69. The lowest BCUT2D eigenvalue weighted by atomic mass is 9.99. The molecule has 0 unspecified atom stereocenters. The molecule has 0 radical (unpaired) electrons.